The molecule has 0 spiro atoms. The Balaban J connectivity index is 1.58. The summed E-state index contributed by atoms with van der Waals surface area (Å²) < 4.78 is 24.6. The van der Waals surface area contributed by atoms with Gasteiger partial charge in [0.1, 0.15) is 11.2 Å². The first-order valence-corrected chi connectivity index (χ1v) is 13.4. The Bertz CT molecular complexity index is 1520. The number of halogens is 1. The molecular formula is C24H23ClN4O6S. The van der Waals surface area contributed by atoms with Crippen LogP contribution in [0.2, 0.25) is 5.02 Å². The molecule has 1 fully saturated rings. The Labute approximate surface area is 211 Å². The second-order valence-electron chi connectivity index (χ2n) is 8.59. The quantitative estimate of drug-likeness (QED) is 0.453. The Morgan fingerprint density at radius 3 is 2.56 bits per heavy atom. The number of Topliss-reactive ketones (excluding diaryl/α,β-unsaturated/α-hetero) is 1. The van der Waals surface area contributed by atoms with Crippen LogP contribution in [0.25, 0.3) is 11.0 Å². The van der Waals surface area contributed by atoms with Crippen LogP contribution in [0.4, 0.5) is 0 Å². The monoisotopic (exact) mass is 530 g/mol. The average Bonchev–Trinajstić information content (AvgIpc) is 3.35. The van der Waals surface area contributed by atoms with Gasteiger partial charge in [-0.05, 0) is 42.3 Å². The number of nitrogens with zero attached hydrogens (tertiary/aromatic N) is 3. The molecule has 3 heterocycles. The molecule has 1 saturated heterocycles. The zero-order valence-electron chi connectivity index (χ0n) is 19.3. The maximum atomic E-state index is 13.2. The lowest BCUT2D eigenvalue weighted by atomic mass is 10.1. The lowest BCUT2D eigenvalue weighted by Crippen LogP contribution is -2.40. The molecule has 3 aromatic rings. The zero-order valence-corrected chi connectivity index (χ0v) is 20.9. The van der Waals surface area contributed by atoms with Crippen molar-refractivity contribution < 1.29 is 22.8 Å². The van der Waals surface area contributed by atoms with Gasteiger partial charge in [-0.1, -0.05) is 23.7 Å². The minimum absolute atomic E-state index is 0.0789. The maximum Gasteiger partial charge on any atom is 0.291 e. The van der Waals surface area contributed by atoms with Crippen molar-refractivity contribution in [2.45, 2.75) is 24.8 Å². The standard InChI is InChI=1S/C24H23ClN4O6S/c1-36(34,35)18-8-10-28(13-18)24(33)20(30)14-29-21-16(3-2-9-26-21)11-19(23(29)32)22(31)27-12-15-4-6-17(25)7-5-15/h2-7,9,11,18H,8,10,12-14H2,1H3,(H,27,31). The fraction of sp³-hybridized carbons (Fsp3) is 0.292. The summed E-state index contributed by atoms with van der Waals surface area (Å²) in [5.41, 5.74) is -0.0583. The highest BCUT2D eigenvalue weighted by Crippen LogP contribution is 2.17. The maximum absolute atomic E-state index is 13.2. The molecule has 0 saturated carbocycles. The molecule has 2 aromatic heterocycles. The summed E-state index contributed by atoms with van der Waals surface area (Å²) in [6.45, 7) is -0.439. The van der Waals surface area contributed by atoms with Gasteiger partial charge in [-0.3, -0.25) is 23.7 Å². The zero-order chi connectivity index (χ0) is 26.0. The van der Waals surface area contributed by atoms with Crippen LogP contribution in [-0.4, -0.2) is 65.1 Å². The number of nitrogens with one attached hydrogen (secondary N) is 1. The third-order valence-corrected chi connectivity index (χ3v) is 7.88. The number of likely N-dealkylation sites (tertiary alicyclic amines) is 1. The first-order chi connectivity index (χ1) is 17.0. The third kappa shape index (κ3) is 5.47. The number of ketones is 1. The van der Waals surface area contributed by atoms with Gasteiger partial charge in [-0.25, -0.2) is 13.4 Å². The molecule has 0 aliphatic carbocycles. The molecule has 1 unspecified atom stereocenters. The first-order valence-electron chi connectivity index (χ1n) is 11.1. The van der Waals surface area contributed by atoms with Gasteiger partial charge < -0.3 is 10.2 Å². The number of fused-ring (bicyclic) bond motifs is 1. The number of benzene rings is 1. The number of hydrogen-bond donors (Lipinski definition) is 1. The number of sulfone groups is 1. The van der Waals surface area contributed by atoms with E-state index < -0.39 is 44.8 Å². The van der Waals surface area contributed by atoms with E-state index in [4.69, 9.17) is 11.6 Å². The highest BCUT2D eigenvalue weighted by Gasteiger charge is 2.35. The van der Waals surface area contributed by atoms with Crippen molar-refractivity contribution in [3.8, 4) is 0 Å². The lowest BCUT2D eigenvalue weighted by Gasteiger charge is -2.16. The summed E-state index contributed by atoms with van der Waals surface area (Å²) in [4.78, 5) is 57.0. The second-order valence-corrected chi connectivity index (χ2v) is 11.4. The van der Waals surface area contributed by atoms with Crippen LogP contribution < -0.4 is 10.9 Å². The molecule has 0 radical (unpaired) electrons. The Hall–Kier alpha value is -3.57. The summed E-state index contributed by atoms with van der Waals surface area (Å²) in [6.07, 6.45) is 2.77. The molecule has 1 aliphatic rings. The minimum atomic E-state index is -3.35. The molecule has 1 aromatic carbocycles. The molecular weight excluding hydrogens is 508 g/mol. The van der Waals surface area contributed by atoms with Crippen molar-refractivity contribution >= 4 is 50.1 Å². The number of hydrogen-bond acceptors (Lipinski definition) is 7. The van der Waals surface area contributed by atoms with E-state index in [1.54, 1.807) is 36.4 Å². The van der Waals surface area contributed by atoms with E-state index in [1.165, 1.54) is 17.2 Å². The van der Waals surface area contributed by atoms with Crippen LogP contribution in [0.5, 0.6) is 0 Å². The van der Waals surface area contributed by atoms with Crippen molar-refractivity contribution in [3.05, 3.63) is 75.2 Å². The van der Waals surface area contributed by atoms with Crippen molar-refractivity contribution in [1.29, 1.82) is 0 Å². The van der Waals surface area contributed by atoms with E-state index in [-0.39, 0.29) is 37.3 Å². The van der Waals surface area contributed by atoms with E-state index >= 15 is 0 Å². The van der Waals surface area contributed by atoms with Gasteiger partial charge in [0.25, 0.3) is 17.4 Å². The van der Waals surface area contributed by atoms with Crippen molar-refractivity contribution in [1.82, 2.24) is 19.8 Å². The minimum Gasteiger partial charge on any atom is -0.348 e. The number of carbonyl (C=O) groups excluding carboxylic acids is 3. The number of pyridine rings is 2. The Kier molecular flexibility index (Phi) is 7.23. The predicted octanol–water partition coefficient (Wildman–Crippen LogP) is 1.19. The van der Waals surface area contributed by atoms with Gasteiger partial charge >= 0.3 is 0 Å². The van der Waals surface area contributed by atoms with E-state index in [0.717, 1.165) is 16.4 Å². The topological polar surface area (TPSA) is 136 Å². The van der Waals surface area contributed by atoms with Crippen LogP contribution >= 0.6 is 11.6 Å². The lowest BCUT2D eigenvalue weighted by molar-refractivity contribution is -0.144. The molecule has 1 N–H and O–H groups in total. The highest BCUT2D eigenvalue weighted by atomic mass is 35.5. The van der Waals surface area contributed by atoms with Crippen molar-refractivity contribution in [3.63, 3.8) is 0 Å². The summed E-state index contributed by atoms with van der Waals surface area (Å²) in [7, 11) is -3.35. The van der Waals surface area contributed by atoms with E-state index in [2.05, 4.69) is 10.3 Å². The van der Waals surface area contributed by atoms with E-state index in [9.17, 15) is 27.6 Å². The van der Waals surface area contributed by atoms with Crippen molar-refractivity contribution in [2.24, 2.45) is 0 Å². The summed E-state index contributed by atoms with van der Waals surface area (Å²) in [5.74, 6) is -2.43. The van der Waals surface area contributed by atoms with Gasteiger partial charge in [0.15, 0.2) is 9.84 Å². The molecule has 4 rings (SSSR count). The molecule has 0 bridgehead atoms. The van der Waals surface area contributed by atoms with Gasteiger partial charge in [0.2, 0.25) is 5.78 Å². The van der Waals surface area contributed by atoms with Crippen LogP contribution in [0.3, 0.4) is 0 Å². The van der Waals surface area contributed by atoms with Crippen LogP contribution in [0.1, 0.15) is 22.3 Å². The van der Waals surface area contributed by atoms with Gasteiger partial charge in [-0.2, -0.15) is 0 Å². The number of rotatable bonds is 7. The molecule has 2 amide bonds. The molecule has 188 valence electrons. The third-order valence-electron chi connectivity index (χ3n) is 6.04. The molecule has 10 nitrogen and oxygen atoms in total. The highest BCUT2D eigenvalue weighted by molar-refractivity contribution is 7.91. The van der Waals surface area contributed by atoms with Gasteiger partial charge in [-0.15, -0.1) is 0 Å². The molecule has 1 atom stereocenters. The van der Waals surface area contributed by atoms with Crippen molar-refractivity contribution in [2.75, 3.05) is 19.3 Å². The van der Waals surface area contributed by atoms with Gasteiger partial charge in [0, 0.05) is 42.5 Å². The summed E-state index contributed by atoms with van der Waals surface area (Å²) >= 11 is 5.88. The molecule has 1 aliphatic heterocycles. The second kappa shape index (κ2) is 10.2. The van der Waals surface area contributed by atoms with E-state index in [1.807, 2.05) is 0 Å². The number of carbonyl (C=O) groups is 3. The van der Waals surface area contributed by atoms with Crippen LogP contribution in [-0.2, 0) is 32.5 Å². The first kappa shape index (κ1) is 25.5. The van der Waals surface area contributed by atoms with E-state index in [0.29, 0.717) is 10.4 Å². The predicted molar refractivity (Wildman–Crippen MR) is 133 cm³/mol. The Morgan fingerprint density at radius 2 is 1.89 bits per heavy atom. The smallest absolute Gasteiger partial charge is 0.291 e. The summed E-state index contributed by atoms with van der Waals surface area (Å²) in [5, 5.41) is 2.93. The fourth-order valence-corrected chi connectivity index (χ4v) is 5.16. The SMILES string of the molecule is CS(=O)(=O)C1CCN(C(=O)C(=O)Cn2c(=O)c(C(=O)NCc3ccc(Cl)cc3)cc3cccnc32)C1. The van der Waals surface area contributed by atoms with Crippen LogP contribution in [0, 0.1) is 0 Å². The Morgan fingerprint density at radius 1 is 1.17 bits per heavy atom. The summed E-state index contributed by atoms with van der Waals surface area (Å²) in [6, 6.07) is 11.5. The average molecular weight is 531 g/mol. The molecule has 12 heteroatoms. The number of aromatic nitrogens is 2. The van der Waals surface area contributed by atoms with Gasteiger partial charge in [0.05, 0.1) is 11.8 Å². The largest absolute Gasteiger partial charge is 0.348 e. The normalized spacial score (nSPS) is 15.7. The molecule has 36 heavy (non-hydrogen) atoms. The number of amides is 2. The van der Waals surface area contributed by atoms with Crippen LogP contribution in [0.15, 0.2) is 53.5 Å². The fourth-order valence-electron chi connectivity index (χ4n) is 4.05.